The minimum atomic E-state index is -3.90. The van der Waals surface area contributed by atoms with Crippen LogP contribution in [0.5, 0.6) is 0 Å². The van der Waals surface area contributed by atoms with Gasteiger partial charge in [0, 0.05) is 45.5 Å². The van der Waals surface area contributed by atoms with E-state index < -0.39 is 22.0 Å². The van der Waals surface area contributed by atoms with Crippen molar-refractivity contribution in [1.29, 1.82) is 0 Å². The van der Waals surface area contributed by atoms with Crippen LogP contribution in [0.2, 0.25) is 0 Å². The summed E-state index contributed by atoms with van der Waals surface area (Å²) in [5.41, 5.74) is 2.06. The Morgan fingerprint density at radius 2 is 1.75 bits per heavy atom. The van der Waals surface area contributed by atoms with Crippen molar-refractivity contribution in [3.63, 3.8) is 0 Å². The molecule has 0 saturated carbocycles. The Kier molecular flexibility index (Phi) is 7.63. The van der Waals surface area contributed by atoms with Crippen LogP contribution >= 0.6 is 0 Å². The smallest absolute Gasteiger partial charge is 0.243 e. The molecule has 0 radical (unpaired) electrons. The highest BCUT2D eigenvalue weighted by Gasteiger charge is 2.40. The molecule has 1 aliphatic heterocycles. The molecule has 1 aliphatic rings. The summed E-state index contributed by atoms with van der Waals surface area (Å²) in [6.07, 6.45) is 3.96. The fraction of sp³-hybridized carbons (Fsp3) is 0.435. The second-order valence-electron chi connectivity index (χ2n) is 8.22. The van der Waals surface area contributed by atoms with Gasteiger partial charge in [0.1, 0.15) is 6.04 Å². The van der Waals surface area contributed by atoms with Crippen LogP contribution in [0.3, 0.4) is 0 Å². The zero-order chi connectivity index (χ0) is 23.3. The molecule has 1 aromatic heterocycles. The van der Waals surface area contributed by atoms with E-state index in [-0.39, 0.29) is 36.4 Å². The van der Waals surface area contributed by atoms with Gasteiger partial charge in [0.2, 0.25) is 21.8 Å². The fourth-order valence-electron chi connectivity index (χ4n) is 3.71. The predicted octanol–water partition coefficient (Wildman–Crippen LogP) is 1.79. The van der Waals surface area contributed by atoms with Crippen LogP contribution in [0.1, 0.15) is 37.8 Å². The first kappa shape index (κ1) is 23.9. The zero-order valence-electron chi connectivity index (χ0n) is 18.7. The van der Waals surface area contributed by atoms with Crippen LogP contribution in [-0.4, -0.2) is 66.6 Å². The highest BCUT2D eigenvalue weighted by Crippen LogP contribution is 2.24. The van der Waals surface area contributed by atoms with Gasteiger partial charge >= 0.3 is 0 Å². The third-order valence-electron chi connectivity index (χ3n) is 5.69. The number of sulfonamides is 1. The van der Waals surface area contributed by atoms with Crippen LogP contribution < -0.4 is 5.32 Å². The Morgan fingerprint density at radius 3 is 2.34 bits per heavy atom. The first-order valence-electron chi connectivity index (χ1n) is 10.7. The van der Waals surface area contributed by atoms with E-state index >= 15 is 0 Å². The molecule has 32 heavy (non-hydrogen) atoms. The van der Waals surface area contributed by atoms with Crippen molar-refractivity contribution < 1.29 is 18.0 Å². The summed E-state index contributed by atoms with van der Waals surface area (Å²) in [5.74, 6) is -0.310. The molecule has 1 atom stereocenters. The second-order valence-corrected chi connectivity index (χ2v) is 10.1. The van der Waals surface area contributed by atoms with Crippen LogP contribution in [0.15, 0.2) is 53.7 Å². The Bertz CT molecular complexity index is 1040. The normalized spacial score (nSPS) is 17.4. The molecule has 2 amide bonds. The lowest BCUT2D eigenvalue weighted by atomic mass is 10.0. The van der Waals surface area contributed by atoms with Gasteiger partial charge in [0.05, 0.1) is 4.90 Å². The summed E-state index contributed by atoms with van der Waals surface area (Å²) in [5, 5.41) is 2.83. The van der Waals surface area contributed by atoms with Crippen molar-refractivity contribution in [3.8, 4) is 0 Å². The Morgan fingerprint density at radius 1 is 1.09 bits per heavy atom. The maximum Gasteiger partial charge on any atom is 0.243 e. The van der Waals surface area contributed by atoms with Gasteiger partial charge in [0.15, 0.2) is 0 Å². The van der Waals surface area contributed by atoms with Crippen molar-refractivity contribution in [3.05, 3.63) is 59.9 Å². The highest BCUT2D eigenvalue weighted by molar-refractivity contribution is 7.89. The van der Waals surface area contributed by atoms with Gasteiger partial charge in [-0.2, -0.15) is 4.31 Å². The number of hydrogen-bond acceptors (Lipinski definition) is 5. The lowest BCUT2D eigenvalue weighted by Gasteiger charge is -2.39. The molecular weight excluding hydrogens is 428 g/mol. The number of aromatic nitrogens is 1. The number of amides is 2. The maximum atomic E-state index is 13.4. The third kappa shape index (κ3) is 5.52. The van der Waals surface area contributed by atoms with Crippen molar-refractivity contribution in [2.24, 2.45) is 0 Å². The summed E-state index contributed by atoms with van der Waals surface area (Å²) < 4.78 is 28.0. The Hall–Kier alpha value is -2.78. The summed E-state index contributed by atoms with van der Waals surface area (Å²) >= 11 is 0. The lowest BCUT2D eigenvalue weighted by Crippen LogP contribution is -2.61. The molecule has 0 unspecified atom stereocenters. The zero-order valence-corrected chi connectivity index (χ0v) is 19.5. The molecule has 0 bridgehead atoms. The van der Waals surface area contributed by atoms with E-state index in [1.54, 1.807) is 36.7 Å². The molecule has 2 aromatic rings. The number of piperazine rings is 1. The highest BCUT2D eigenvalue weighted by atomic mass is 32.2. The van der Waals surface area contributed by atoms with E-state index in [2.05, 4.69) is 10.3 Å². The number of benzene rings is 1. The summed E-state index contributed by atoms with van der Waals surface area (Å²) in [6, 6.07) is 9.50. The summed E-state index contributed by atoms with van der Waals surface area (Å²) in [4.78, 5) is 30.6. The summed E-state index contributed by atoms with van der Waals surface area (Å²) in [7, 11) is -3.90. The molecule has 0 aliphatic carbocycles. The topological polar surface area (TPSA) is 99.7 Å². The van der Waals surface area contributed by atoms with E-state index in [0.717, 1.165) is 11.1 Å². The average Bonchev–Trinajstić information content (AvgIpc) is 2.79. The molecule has 9 heteroatoms. The molecule has 1 aromatic carbocycles. The van der Waals surface area contributed by atoms with Gasteiger partial charge < -0.3 is 10.2 Å². The second kappa shape index (κ2) is 10.2. The Labute approximate surface area is 189 Å². The number of hydrogen-bond donors (Lipinski definition) is 1. The molecule has 2 heterocycles. The van der Waals surface area contributed by atoms with E-state index in [1.165, 1.54) is 16.1 Å². The lowest BCUT2D eigenvalue weighted by molar-refractivity contribution is -0.134. The average molecular weight is 459 g/mol. The van der Waals surface area contributed by atoms with E-state index in [9.17, 15) is 18.0 Å². The molecular formula is C23H30N4O4S. The van der Waals surface area contributed by atoms with E-state index in [0.29, 0.717) is 13.0 Å². The van der Waals surface area contributed by atoms with Gasteiger partial charge in [-0.25, -0.2) is 8.42 Å². The third-order valence-corrected chi connectivity index (χ3v) is 7.62. The van der Waals surface area contributed by atoms with Crippen molar-refractivity contribution >= 4 is 21.8 Å². The number of pyridine rings is 1. The fourth-order valence-corrected chi connectivity index (χ4v) is 5.28. The number of nitrogens with zero attached hydrogens (tertiary/aromatic N) is 3. The molecule has 172 valence electrons. The van der Waals surface area contributed by atoms with Gasteiger partial charge in [-0.1, -0.05) is 26.0 Å². The number of carbonyl (C=O) groups excluding carboxylic acids is 2. The monoisotopic (exact) mass is 458 g/mol. The van der Waals surface area contributed by atoms with Gasteiger partial charge in [-0.05, 0) is 47.7 Å². The van der Waals surface area contributed by atoms with Crippen molar-refractivity contribution in [2.75, 3.05) is 26.2 Å². The largest absolute Gasteiger partial charge is 0.354 e. The predicted molar refractivity (Wildman–Crippen MR) is 121 cm³/mol. The van der Waals surface area contributed by atoms with Gasteiger partial charge in [0.25, 0.3) is 0 Å². The molecule has 1 saturated heterocycles. The SMILES string of the molecule is CC(=O)N1CCN(S(=O)(=O)c2ccc(C(C)C)cc2)[C@@H](C(=O)NCCc2ccncc2)C1. The van der Waals surface area contributed by atoms with Crippen molar-refractivity contribution in [1.82, 2.24) is 19.5 Å². The molecule has 0 spiro atoms. The first-order valence-corrected chi connectivity index (χ1v) is 12.2. The Balaban J connectivity index is 1.78. The first-order chi connectivity index (χ1) is 15.2. The number of nitrogens with one attached hydrogen (secondary N) is 1. The van der Waals surface area contributed by atoms with Crippen LogP contribution in [0.25, 0.3) is 0 Å². The number of rotatable bonds is 7. The quantitative estimate of drug-likeness (QED) is 0.682. The van der Waals surface area contributed by atoms with Crippen LogP contribution in [-0.2, 0) is 26.0 Å². The van der Waals surface area contributed by atoms with Crippen LogP contribution in [0, 0.1) is 0 Å². The molecule has 1 N–H and O–H groups in total. The van der Waals surface area contributed by atoms with Crippen LogP contribution in [0.4, 0.5) is 0 Å². The van der Waals surface area contributed by atoms with E-state index in [1.807, 2.05) is 26.0 Å². The maximum absolute atomic E-state index is 13.4. The standard InChI is InChI=1S/C23H30N4O4S/c1-17(2)20-4-6-21(7-5-20)32(30,31)27-15-14-26(18(3)28)16-22(27)23(29)25-13-10-19-8-11-24-12-9-19/h4-9,11-12,17,22H,10,13-16H2,1-3H3,(H,25,29)/t22-/m1/s1. The molecule has 1 fully saturated rings. The minimum Gasteiger partial charge on any atom is -0.354 e. The van der Waals surface area contributed by atoms with E-state index in [4.69, 9.17) is 0 Å². The minimum absolute atomic E-state index is 0.0275. The van der Waals surface area contributed by atoms with Crippen molar-refractivity contribution in [2.45, 2.75) is 44.0 Å². The van der Waals surface area contributed by atoms with Gasteiger partial charge in [-0.15, -0.1) is 0 Å². The molecule has 3 rings (SSSR count). The molecule has 8 nitrogen and oxygen atoms in total. The van der Waals surface area contributed by atoms with Gasteiger partial charge in [-0.3, -0.25) is 14.6 Å². The summed E-state index contributed by atoms with van der Waals surface area (Å²) in [6.45, 7) is 6.20. The number of carbonyl (C=O) groups is 2.